The minimum absolute atomic E-state index is 0.0272. The minimum Gasteiger partial charge on any atom is -0.387 e. The zero-order valence-corrected chi connectivity index (χ0v) is 23.7. The molecule has 7 nitrogen and oxygen atoms in total. The van der Waals surface area contributed by atoms with Crippen LogP contribution in [0, 0.1) is 41.1 Å². The first-order chi connectivity index (χ1) is 19.3. The Kier molecular flexibility index (Phi) is 7.99. The maximum atomic E-state index is 13.8. The van der Waals surface area contributed by atoms with Gasteiger partial charge in [0.1, 0.15) is 0 Å². The van der Waals surface area contributed by atoms with E-state index in [0.717, 1.165) is 6.07 Å². The van der Waals surface area contributed by atoms with Gasteiger partial charge in [-0.3, -0.25) is 9.59 Å². The zero-order chi connectivity index (χ0) is 29.7. The predicted molar refractivity (Wildman–Crippen MR) is 147 cm³/mol. The summed E-state index contributed by atoms with van der Waals surface area (Å²) in [5.41, 5.74) is -1.72. The van der Waals surface area contributed by atoms with Crippen molar-refractivity contribution >= 4 is 38.9 Å². The summed E-state index contributed by atoms with van der Waals surface area (Å²) in [4.78, 5) is 25.1. The van der Waals surface area contributed by atoms with Gasteiger partial charge in [0.2, 0.25) is 5.91 Å². The van der Waals surface area contributed by atoms with Crippen LogP contribution in [0.25, 0.3) is 0 Å². The number of benzene rings is 2. The highest BCUT2D eigenvalue weighted by Crippen LogP contribution is 2.54. The third-order valence-corrected chi connectivity index (χ3v) is 11.5. The van der Waals surface area contributed by atoms with Crippen molar-refractivity contribution < 1.29 is 36.3 Å². The molecule has 0 aromatic heterocycles. The van der Waals surface area contributed by atoms with Gasteiger partial charge in [-0.2, -0.15) is 0 Å². The molecule has 2 saturated carbocycles. The Balaban J connectivity index is 1.33. The molecule has 2 aromatic carbocycles. The Labute approximate surface area is 241 Å². The second kappa shape index (κ2) is 11.1. The largest absolute Gasteiger partial charge is 0.387 e. The quantitative estimate of drug-likeness (QED) is 0.301. The third-order valence-electron chi connectivity index (χ3n) is 8.86. The van der Waals surface area contributed by atoms with Crippen LogP contribution in [0.15, 0.2) is 47.4 Å². The lowest BCUT2D eigenvalue weighted by atomic mass is 9.73. The topological polar surface area (TPSA) is 113 Å². The fraction of sp³-hybridized carbons (Fsp3) is 0.448. The molecule has 2 fully saturated rings. The van der Waals surface area contributed by atoms with Crippen LogP contribution in [0.4, 0.5) is 18.9 Å². The molecule has 220 valence electrons. The van der Waals surface area contributed by atoms with Gasteiger partial charge in [-0.25, -0.2) is 21.6 Å². The molecule has 5 rings (SSSR count). The summed E-state index contributed by atoms with van der Waals surface area (Å²) < 4.78 is 68.1. The summed E-state index contributed by atoms with van der Waals surface area (Å²) in [7, 11) is -4.07. The number of carbonyl (C=O) groups is 2. The average molecular weight is 611 g/mol. The van der Waals surface area contributed by atoms with Gasteiger partial charge in [0.15, 0.2) is 27.3 Å². The molecule has 0 heterocycles. The SMILES string of the molecule is C[C@H]1CC2C[C@@H](S(=O)(=O)c3cc(C(=O)Nc4cc(F)c(F)c(F)c4)ccc3Cl)CC1[C@@]2(O)CNC(=O)C1CC=CC1. The molecule has 3 aliphatic rings. The third kappa shape index (κ3) is 5.51. The van der Waals surface area contributed by atoms with Gasteiger partial charge in [-0.05, 0) is 68.1 Å². The zero-order valence-electron chi connectivity index (χ0n) is 22.2. The van der Waals surface area contributed by atoms with Crippen LogP contribution in [0.2, 0.25) is 5.02 Å². The summed E-state index contributed by atoms with van der Waals surface area (Å²) in [6.45, 7) is 2.02. The number of amides is 2. The van der Waals surface area contributed by atoms with Gasteiger partial charge in [0, 0.05) is 35.8 Å². The molecule has 12 heteroatoms. The Bertz CT molecular complexity index is 1500. The molecular weight excluding hydrogens is 581 g/mol. The molecule has 0 spiro atoms. The van der Waals surface area contributed by atoms with Crippen LogP contribution in [0.3, 0.4) is 0 Å². The van der Waals surface area contributed by atoms with Gasteiger partial charge >= 0.3 is 0 Å². The van der Waals surface area contributed by atoms with Crippen molar-refractivity contribution in [2.75, 3.05) is 11.9 Å². The summed E-state index contributed by atoms with van der Waals surface area (Å²) in [6.07, 6.45) is 6.13. The molecule has 0 saturated heterocycles. The van der Waals surface area contributed by atoms with E-state index in [9.17, 15) is 36.3 Å². The number of fused-ring (bicyclic) bond motifs is 2. The normalized spacial score (nSPS) is 27.7. The van der Waals surface area contributed by atoms with Crippen molar-refractivity contribution in [1.29, 1.82) is 0 Å². The Hall–Kier alpha value is -2.89. The van der Waals surface area contributed by atoms with E-state index < -0.39 is 44.0 Å². The first-order valence-corrected chi connectivity index (χ1v) is 15.4. The standard InChI is InChI=1S/C29H30ClF3N2O5S/c1-15-8-18-10-20(13-21(15)29(18,38)14-34-27(36)16-4-2-3-5-16)41(39,40)25-9-17(6-7-22(25)30)28(37)35-19-11-23(31)26(33)24(32)12-19/h2-3,6-7,9,11-12,15-16,18,20-21,38H,4-5,8,10,13-14H2,1H3,(H,34,36)(H,35,37)/t15-,18?,20+,21?,29+/m0/s1. The summed E-state index contributed by atoms with van der Waals surface area (Å²) in [6, 6.07) is 4.83. The van der Waals surface area contributed by atoms with Gasteiger partial charge in [-0.1, -0.05) is 30.7 Å². The molecule has 0 radical (unpaired) electrons. The molecule has 2 bridgehead atoms. The van der Waals surface area contributed by atoms with Crippen molar-refractivity contribution in [3.8, 4) is 0 Å². The van der Waals surface area contributed by atoms with Gasteiger partial charge in [0.05, 0.1) is 20.8 Å². The van der Waals surface area contributed by atoms with E-state index in [2.05, 4.69) is 10.6 Å². The van der Waals surface area contributed by atoms with Crippen LogP contribution < -0.4 is 10.6 Å². The van der Waals surface area contributed by atoms with Gasteiger partial charge in [0.25, 0.3) is 5.91 Å². The molecule has 41 heavy (non-hydrogen) atoms. The van der Waals surface area contributed by atoms with Crippen LogP contribution in [-0.2, 0) is 14.6 Å². The van der Waals surface area contributed by atoms with Crippen LogP contribution in [0.1, 0.15) is 49.4 Å². The predicted octanol–water partition coefficient (Wildman–Crippen LogP) is 5.03. The van der Waals surface area contributed by atoms with Crippen molar-refractivity contribution in [3.05, 3.63) is 70.5 Å². The maximum Gasteiger partial charge on any atom is 0.255 e. The highest BCUT2D eigenvalue weighted by molar-refractivity contribution is 7.92. The lowest BCUT2D eigenvalue weighted by Gasteiger charge is -2.43. The molecular formula is C29H30ClF3N2O5S. The minimum atomic E-state index is -4.07. The number of carbonyl (C=O) groups excluding carboxylic acids is 2. The Morgan fingerprint density at radius 2 is 1.71 bits per heavy atom. The van der Waals surface area contributed by atoms with Crippen LogP contribution >= 0.6 is 11.6 Å². The highest BCUT2D eigenvalue weighted by Gasteiger charge is 2.58. The lowest BCUT2D eigenvalue weighted by Crippen LogP contribution is -2.55. The molecule has 3 aliphatic carbocycles. The van der Waals surface area contributed by atoms with Crippen molar-refractivity contribution in [1.82, 2.24) is 5.32 Å². The molecule has 3 N–H and O–H groups in total. The lowest BCUT2D eigenvalue weighted by molar-refractivity contribution is -0.128. The maximum absolute atomic E-state index is 13.8. The van der Waals surface area contributed by atoms with E-state index in [1.807, 2.05) is 19.1 Å². The van der Waals surface area contributed by atoms with Crippen molar-refractivity contribution in [2.45, 2.75) is 54.8 Å². The van der Waals surface area contributed by atoms with E-state index in [4.69, 9.17) is 11.6 Å². The van der Waals surface area contributed by atoms with E-state index in [1.165, 1.54) is 12.1 Å². The van der Waals surface area contributed by atoms with Crippen molar-refractivity contribution in [3.63, 3.8) is 0 Å². The molecule has 2 aromatic rings. The fourth-order valence-electron chi connectivity index (χ4n) is 6.65. The molecule has 2 amide bonds. The summed E-state index contributed by atoms with van der Waals surface area (Å²) >= 11 is 6.29. The van der Waals surface area contributed by atoms with E-state index in [-0.39, 0.29) is 70.1 Å². The second-order valence-corrected chi connectivity index (χ2v) is 14.0. The first-order valence-electron chi connectivity index (χ1n) is 13.5. The molecule has 0 aliphatic heterocycles. The number of aliphatic hydroxyl groups is 1. The van der Waals surface area contributed by atoms with Crippen molar-refractivity contribution in [2.24, 2.45) is 23.7 Å². The first kappa shape index (κ1) is 29.6. The van der Waals surface area contributed by atoms with Crippen LogP contribution in [0.5, 0.6) is 0 Å². The molecule has 5 atom stereocenters. The smallest absolute Gasteiger partial charge is 0.255 e. The highest BCUT2D eigenvalue weighted by atomic mass is 35.5. The number of sulfone groups is 1. The summed E-state index contributed by atoms with van der Waals surface area (Å²) in [5.74, 6) is -6.53. The number of hydrogen-bond donors (Lipinski definition) is 3. The number of anilines is 1. The number of rotatable bonds is 7. The summed E-state index contributed by atoms with van der Waals surface area (Å²) in [5, 5.41) is 15.8. The van der Waals surface area contributed by atoms with E-state index >= 15 is 0 Å². The van der Waals surface area contributed by atoms with Crippen LogP contribution in [-0.4, -0.2) is 42.7 Å². The van der Waals surface area contributed by atoms with Gasteiger partial charge < -0.3 is 15.7 Å². The monoisotopic (exact) mass is 610 g/mol. The number of allylic oxidation sites excluding steroid dienone is 2. The number of halogens is 4. The second-order valence-electron chi connectivity index (χ2n) is 11.4. The number of hydrogen-bond acceptors (Lipinski definition) is 5. The Morgan fingerprint density at radius 3 is 2.34 bits per heavy atom. The Morgan fingerprint density at radius 1 is 1.05 bits per heavy atom. The van der Waals surface area contributed by atoms with E-state index in [1.54, 1.807) is 0 Å². The average Bonchev–Trinajstić information content (AvgIpc) is 3.48. The fourth-order valence-corrected chi connectivity index (χ4v) is 9.03. The van der Waals surface area contributed by atoms with E-state index in [0.29, 0.717) is 31.4 Å². The number of nitrogens with one attached hydrogen (secondary N) is 2. The van der Waals surface area contributed by atoms with Gasteiger partial charge in [-0.15, -0.1) is 0 Å². The molecule has 2 unspecified atom stereocenters.